The fourth-order valence-electron chi connectivity index (χ4n) is 2.25. The average Bonchev–Trinajstić information content (AvgIpc) is 2.65. The SMILES string of the molecule is O=C(NCCc1ccc(Cl)cc1)c1ccc(Nc2ccccc2)nn1. The van der Waals surface area contributed by atoms with Gasteiger partial charge in [-0.05, 0) is 48.4 Å². The van der Waals surface area contributed by atoms with E-state index in [0.29, 0.717) is 17.4 Å². The van der Waals surface area contributed by atoms with Crippen LogP contribution in [-0.2, 0) is 6.42 Å². The van der Waals surface area contributed by atoms with Crippen LogP contribution in [0.5, 0.6) is 0 Å². The molecule has 0 fully saturated rings. The fourth-order valence-corrected chi connectivity index (χ4v) is 2.38. The number of aromatic nitrogens is 2. The van der Waals surface area contributed by atoms with Gasteiger partial charge in [0.2, 0.25) is 0 Å². The molecule has 2 aromatic carbocycles. The van der Waals surface area contributed by atoms with Crippen molar-refractivity contribution in [1.82, 2.24) is 15.5 Å². The van der Waals surface area contributed by atoms with E-state index in [9.17, 15) is 4.79 Å². The van der Waals surface area contributed by atoms with Gasteiger partial charge in [-0.3, -0.25) is 4.79 Å². The molecule has 0 bridgehead atoms. The van der Waals surface area contributed by atoms with Crippen LogP contribution in [0.3, 0.4) is 0 Å². The van der Waals surface area contributed by atoms with Crippen molar-refractivity contribution in [3.8, 4) is 0 Å². The van der Waals surface area contributed by atoms with Crippen molar-refractivity contribution in [3.05, 3.63) is 83.0 Å². The summed E-state index contributed by atoms with van der Waals surface area (Å²) in [5.41, 5.74) is 2.31. The van der Waals surface area contributed by atoms with Gasteiger partial charge in [-0.25, -0.2) is 0 Å². The highest BCUT2D eigenvalue weighted by Gasteiger charge is 2.08. The molecular formula is C19H17ClN4O. The van der Waals surface area contributed by atoms with Crippen molar-refractivity contribution in [1.29, 1.82) is 0 Å². The maximum Gasteiger partial charge on any atom is 0.271 e. The minimum atomic E-state index is -0.243. The van der Waals surface area contributed by atoms with E-state index in [4.69, 9.17) is 11.6 Å². The lowest BCUT2D eigenvalue weighted by Crippen LogP contribution is -2.26. The summed E-state index contributed by atoms with van der Waals surface area (Å²) in [4.78, 5) is 12.1. The van der Waals surface area contributed by atoms with Crippen molar-refractivity contribution in [2.45, 2.75) is 6.42 Å². The van der Waals surface area contributed by atoms with Crippen LogP contribution in [0.15, 0.2) is 66.7 Å². The Hall–Kier alpha value is -2.92. The fraction of sp³-hybridized carbons (Fsp3) is 0.105. The van der Waals surface area contributed by atoms with Gasteiger partial charge < -0.3 is 10.6 Å². The molecule has 2 N–H and O–H groups in total. The first-order valence-corrected chi connectivity index (χ1v) is 8.27. The standard InChI is InChI=1S/C19H17ClN4O/c20-15-8-6-14(7-9-15)12-13-21-19(25)17-10-11-18(24-23-17)22-16-4-2-1-3-5-16/h1-11H,12-13H2,(H,21,25)(H,22,24). The molecule has 25 heavy (non-hydrogen) atoms. The summed E-state index contributed by atoms with van der Waals surface area (Å²) in [6.45, 7) is 0.520. The Balaban J connectivity index is 1.51. The summed E-state index contributed by atoms with van der Waals surface area (Å²) in [5.74, 6) is 0.344. The van der Waals surface area contributed by atoms with Gasteiger partial charge in [0.25, 0.3) is 5.91 Å². The summed E-state index contributed by atoms with van der Waals surface area (Å²) in [6, 6.07) is 20.6. The van der Waals surface area contributed by atoms with E-state index in [1.165, 1.54) is 0 Å². The number of carbonyl (C=O) groups is 1. The van der Waals surface area contributed by atoms with Gasteiger partial charge in [-0.1, -0.05) is 41.9 Å². The summed E-state index contributed by atoms with van der Waals surface area (Å²) >= 11 is 5.85. The maximum absolute atomic E-state index is 12.1. The summed E-state index contributed by atoms with van der Waals surface area (Å²) in [7, 11) is 0. The van der Waals surface area contributed by atoms with Crippen LogP contribution in [0.2, 0.25) is 5.02 Å². The number of benzene rings is 2. The molecular weight excluding hydrogens is 336 g/mol. The van der Waals surface area contributed by atoms with Crippen LogP contribution < -0.4 is 10.6 Å². The topological polar surface area (TPSA) is 66.9 Å². The van der Waals surface area contributed by atoms with E-state index >= 15 is 0 Å². The lowest BCUT2D eigenvalue weighted by molar-refractivity contribution is 0.0948. The highest BCUT2D eigenvalue weighted by molar-refractivity contribution is 6.30. The maximum atomic E-state index is 12.1. The van der Waals surface area contributed by atoms with Crippen molar-refractivity contribution in [3.63, 3.8) is 0 Å². The molecule has 0 radical (unpaired) electrons. The van der Waals surface area contributed by atoms with Gasteiger partial charge in [-0.2, -0.15) is 0 Å². The van der Waals surface area contributed by atoms with E-state index in [0.717, 1.165) is 17.7 Å². The molecule has 3 aromatic rings. The Morgan fingerprint density at radius 2 is 1.68 bits per heavy atom. The van der Waals surface area contributed by atoms with Crippen molar-refractivity contribution >= 4 is 29.0 Å². The molecule has 0 unspecified atom stereocenters. The number of rotatable bonds is 6. The second-order valence-electron chi connectivity index (χ2n) is 5.43. The predicted octanol–water partition coefficient (Wildman–Crippen LogP) is 3.85. The molecule has 0 aliphatic carbocycles. The van der Waals surface area contributed by atoms with Crippen molar-refractivity contribution < 1.29 is 4.79 Å². The monoisotopic (exact) mass is 352 g/mol. The van der Waals surface area contributed by atoms with E-state index in [2.05, 4.69) is 20.8 Å². The molecule has 0 aliphatic rings. The number of carbonyl (C=O) groups excluding carboxylic acids is 1. The number of hydrogen-bond acceptors (Lipinski definition) is 4. The molecule has 1 aromatic heterocycles. The van der Waals surface area contributed by atoms with Crippen LogP contribution in [-0.4, -0.2) is 22.6 Å². The van der Waals surface area contributed by atoms with E-state index in [1.54, 1.807) is 12.1 Å². The van der Waals surface area contributed by atoms with Crippen LogP contribution >= 0.6 is 11.6 Å². The number of nitrogens with zero attached hydrogens (tertiary/aromatic N) is 2. The van der Waals surface area contributed by atoms with Crippen LogP contribution in [0.25, 0.3) is 0 Å². The highest BCUT2D eigenvalue weighted by atomic mass is 35.5. The Labute approximate surface area is 151 Å². The largest absolute Gasteiger partial charge is 0.350 e. The number of para-hydroxylation sites is 1. The Bertz CT molecular complexity index is 820. The first-order valence-electron chi connectivity index (χ1n) is 7.89. The lowest BCUT2D eigenvalue weighted by Gasteiger charge is -2.07. The predicted molar refractivity (Wildman–Crippen MR) is 99.2 cm³/mol. The van der Waals surface area contributed by atoms with Gasteiger partial charge in [0.05, 0.1) is 0 Å². The summed E-state index contributed by atoms with van der Waals surface area (Å²) in [6.07, 6.45) is 0.726. The molecule has 1 amide bonds. The highest BCUT2D eigenvalue weighted by Crippen LogP contribution is 2.13. The molecule has 0 saturated carbocycles. The molecule has 3 rings (SSSR count). The van der Waals surface area contributed by atoms with Gasteiger partial charge >= 0.3 is 0 Å². The number of nitrogens with one attached hydrogen (secondary N) is 2. The molecule has 5 nitrogen and oxygen atoms in total. The first-order chi connectivity index (χ1) is 12.2. The Morgan fingerprint density at radius 1 is 0.920 bits per heavy atom. The zero-order chi connectivity index (χ0) is 17.5. The minimum Gasteiger partial charge on any atom is -0.350 e. The number of hydrogen-bond donors (Lipinski definition) is 2. The van der Waals surface area contributed by atoms with E-state index in [1.807, 2.05) is 54.6 Å². The van der Waals surface area contributed by atoms with Crippen molar-refractivity contribution in [2.75, 3.05) is 11.9 Å². The average molecular weight is 353 g/mol. The second-order valence-corrected chi connectivity index (χ2v) is 5.86. The van der Waals surface area contributed by atoms with Gasteiger partial charge in [0.1, 0.15) is 0 Å². The third kappa shape index (κ3) is 5.02. The zero-order valence-corrected chi connectivity index (χ0v) is 14.2. The quantitative estimate of drug-likeness (QED) is 0.707. The van der Waals surface area contributed by atoms with E-state index in [-0.39, 0.29) is 11.6 Å². The van der Waals surface area contributed by atoms with Crippen LogP contribution in [0.1, 0.15) is 16.1 Å². The zero-order valence-electron chi connectivity index (χ0n) is 13.4. The molecule has 0 spiro atoms. The molecule has 0 saturated heterocycles. The van der Waals surface area contributed by atoms with E-state index < -0.39 is 0 Å². The molecule has 126 valence electrons. The third-order valence-corrected chi connectivity index (χ3v) is 3.81. The molecule has 0 aliphatic heterocycles. The molecule has 6 heteroatoms. The third-order valence-electron chi connectivity index (χ3n) is 3.56. The lowest BCUT2D eigenvalue weighted by atomic mass is 10.1. The first kappa shape index (κ1) is 16.9. The van der Waals surface area contributed by atoms with Crippen LogP contribution in [0.4, 0.5) is 11.5 Å². The van der Waals surface area contributed by atoms with Crippen molar-refractivity contribution in [2.24, 2.45) is 0 Å². The molecule has 0 atom stereocenters. The molecule has 1 heterocycles. The number of halogens is 1. The normalized spacial score (nSPS) is 10.3. The summed E-state index contributed by atoms with van der Waals surface area (Å²) in [5, 5.41) is 14.7. The van der Waals surface area contributed by atoms with Gasteiger partial charge in [0.15, 0.2) is 11.5 Å². The summed E-state index contributed by atoms with van der Waals surface area (Å²) < 4.78 is 0. The van der Waals surface area contributed by atoms with Crippen LogP contribution in [0, 0.1) is 0 Å². The van der Waals surface area contributed by atoms with Gasteiger partial charge in [-0.15, -0.1) is 10.2 Å². The minimum absolute atomic E-state index is 0.243. The Morgan fingerprint density at radius 3 is 2.36 bits per heavy atom. The van der Waals surface area contributed by atoms with Gasteiger partial charge in [0, 0.05) is 17.3 Å². The Kier molecular flexibility index (Phi) is 5.59. The number of amides is 1. The second kappa shape index (κ2) is 8.26. The smallest absolute Gasteiger partial charge is 0.271 e. The number of anilines is 2.